The van der Waals surface area contributed by atoms with Gasteiger partial charge in [0.15, 0.2) is 0 Å². The molecular weight excluding hydrogens is 184 g/mol. The molecule has 0 amide bonds. The van der Waals surface area contributed by atoms with Crippen molar-refractivity contribution in [3.8, 4) is 11.8 Å². The SMILES string of the molecule is OC(C#CC1=CCCCC1)C1=CCCC1. The van der Waals surface area contributed by atoms with E-state index in [-0.39, 0.29) is 0 Å². The van der Waals surface area contributed by atoms with Crippen LogP contribution in [0.5, 0.6) is 0 Å². The van der Waals surface area contributed by atoms with Crippen LogP contribution in [0, 0.1) is 11.8 Å². The number of allylic oxidation sites excluding steroid dienone is 3. The Morgan fingerprint density at radius 3 is 2.60 bits per heavy atom. The Hall–Kier alpha value is -1.00. The Morgan fingerprint density at radius 1 is 1.07 bits per heavy atom. The van der Waals surface area contributed by atoms with Gasteiger partial charge in [0.05, 0.1) is 0 Å². The van der Waals surface area contributed by atoms with Crippen LogP contribution in [0.3, 0.4) is 0 Å². The third kappa shape index (κ3) is 2.97. The minimum Gasteiger partial charge on any atom is -0.376 e. The van der Waals surface area contributed by atoms with E-state index in [0.29, 0.717) is 0 Å². The van der Waals surface area contributed by atoms with Crippen LogP contribution in [0.4, 0.5) is 0 Å². The second-order valence-corrected chi connectivity index (χ2v) is 4.32. The van der Waals surface area contributed by atoms with Crippen molar-refractivity contribution < 1.29 is 5.11 Å². The zero-order valence-corrected chi connectivity index (χ0v) is 9.13. The average Bonchev–Trinajstić information content (AvgIpc) is 2.81. The molecule has 15 heavy (non-hydrogen) atoms. The monoisotopic (exact) mass is 202 g/mol. The lowest BCUT2D eigenvalue weighted by Gasteiger charge is -2.07. The maximum Gasteiger partial charge on any atom is 0.136 e. The van der Waals surface area contributed by atoms with Crippen molar-refractivity contribution in [1.29, 1.82) is 0 Å². The molecule has 0 spiro atoms. The van der Waals surface area contributed by atoms with Gasteiger partial charge in [-0.15, -0.1) is 0 Å². The maximum absolute atomic E-state index is 9.81. The number of rotatable bonds is 1. The smallest absolute Gasteiger partial charge is 0.136 e. The molecule has 0 saturated heterocycles. The molecule has 1 nitrogen and oxygen atoms in total. The third-order valence-electron chi connectivity index (χ3n) is 3.09. The molecule has 80 valence electrons. The van der Waals surface area contributed by atoms with Crippen LogP contribution in [0.1, 0.15) is 44.9 Å². The molecule has 0 heterocycles. The number of hydrogen-bond acceptors (Lipinski definition) is 1. The van der Waals surface area contributed by atoms with E-state index in [9.17, 15) is 5.11 Å². The van der Waals surface area contributed by atoms with Gasteiger partial charge in [-0.2, -0.15) is 0 Å². The molecule has 0 fully saturated rings. The topological polar surface area (TPSA) is 20.2 Å². The summed E-state index contributed by atoms with van der Waals surface area (Å²) in [5.74, 6) is 6.08. The van der Waals surface area contributed by atoms with Gasteiger partial charge in [-0.25, -0.2) is 0 Å². The lowest BCUT2D eigenvalue weighted by Crippen LogP contribution is -2.05. The van der Waals surface area contributed by atoms with E-state index in [2.05, 4.69) is 24.0 Å². The van der Waals surface area contributed by atoms with Crippen LogP contribution in [-0.4, -0.2) is 11.2 Å². The molecule has 2 aliphatic carbocycles. The Balaban J connectivity index is 1.95. The van der Waals surface area contributed by atoms with Crippen LogP contribution < -0.4 is 0 Å². The third-order valence-corrected chi connectivity index (χ3v) is 3.09. The van der Waals surface area contributed by atoms with Gasteiger partial charge in [0, 0.05) is 0 Å². The molecular formula is C14H18O. The minimum absolute atomic E-state index is 0.518. The maximum atomic E-state index is 9.81. The number of hydrogen-bond donors (Lipinski definition) is 1. The molecule has 0 aliphatic heterocycles. The van der Waals surface area contributed by atoms with E-state index >= 15 is 0 Å². The summed E-state index contributed by atoms with van der Waals surface area (Å²) >= 11 is 0. The highest BCUT2D eigenvalue weighted by Crippen LogP contribution is 2.21. The minimum atomic E-state index is -0.518. The predicted molar refractivity (Wildman–Crippen MR) is 62.3 cm³/mol. The highest BCUT2D eigenvalue weighted by atomic mass is 16.3. The predicted octanol–water partition coefficient (Wildman–Crippen LogP) is 2.96. The second kappa shape index (κ2) is 5.19. The molecule has 0 radical (unpaired) electrons. The second-order valence-electron chi connectivity index (χ2n) is 4.32. The highest BCUT2D eigenvalue weighted by molar-refractivity contribution is 5.34. The van der Waals surface area contributed by atoms with Crippen LogP contribution in [0.15, 0.2) is 23.3 Å². The zero-order chi connectivity index (χ0) is 10.5. The summed E-state index contributed by atoms with van der Waals surface area (Å²) in [6.07, 6.45) is 11.9. The van der Waals surface area contributed by atoms with Crippen molar-refractivity contribution >= 4 is 0 Å². The fourth-order valence-electron chi connectivity index (χ4n) is 2.15. The summed E-state index contributed by atoms with van der Waals surface area (Å²) in [6, 6.07) is 0. The van der Waals surface area contributed by atoms with Crippen LogP contribution >= 0.6 is 0 Å². The van der Waals surface area contributed by atoms with Crippen LogP contribution in [0.25, 0.3) is 0 Å². The highest BCUT2D eigenvalue weighted by Gasteiger charge is 2.11. The molecule has 2 rings (SSSR count). The molecule has 1 N–H and O–H groups in total. The number of aliphatic hydroxyl groups is 1. The number of aliphatic hydroxyl groups excluding tert-OH is 1. The van der Waals surface area contributed by atoms with E-state index in [1.165, 1.54) is 24.8 Å². The van der Waals surface area contributed by atoms with Gasteiger partial charge < -0.3 is 5.11 Å². The van der Waals surface area contributed by atoms with Crippen molar-refractivity contribution in [3.63, 3.8) is 0 Å². The fourth-order valence-corrected chi connectivity index (χ4v) is 2.15. The van der Waals surface area contributed by atoms with E-state index in [1.54, 1.807) is 0 Å². The normalized spacial score (nSPS) is 22.5. The van der Waals surface area contributed by atoms with Gasteiger partial charge in [0.1, 0.15) is 6.10 Å². The first-order valence-electron chi connectivity index (χ1n) is 5.94. The molecule has 2 aliphatic rings. The molecule has 0 aromatic rings. The summed E-state index contributed by atoms with van der Waals surface area (Å²) in [5.41, 5.74) is 2.35. The molecule has 0 bridgehead atoms. The van der Waals surface area contributed by atoms with E-state index in [0.717, 1.165) is 31.3 Å². The Morgan fingerprint density at radius 2 is 1.93 bits per heavy atom. The first-order valence-corrected chi connectivity index (χ1v) is 5.94. The average molecular weight is 202 g/mol. The van der Waals surface area contributed by atoms with E-state index in [4.69, 9.17) is 0 Å². The van der Waals surface area contributed by atoms with Crippen molar-refractivity contribution in [3.05, 3.63) is 23.3 Å². The van der Waals surface area contributed by atoms with E-state index in [1.807, 2.05) is 0 Å². The van der Waals surface area contributed by atoms with E-state index < -0.39 is 6.10 Å². The summed E-state index contributed by atoms with van der Waals surface area (Å²) in [6.45, 7) is 0. The molecule has 0 aromatic heterocycles. The molecule has 1 unspecified atom stereocenters. The van der Waals surface area contributed by atoms with Gasteiger partial charge in [-0.05, 0) is 56.1 Å². The molecule has 0 aromatic carbocycles. The van der Waals surface area contributed by atoms with Crippen molar-refractivity contribution in [2.24, 2.45) is 0 Å². The van der Waals surface area contributed by atoms with Gasteiger partial charge in [-0.3, -0.25) is 0 Å². The largest absolute Gasteiger partial charge is 0.376 e. The van der Waals surface area contributed by atoms with Gasteiger partial charge in [0.2, 0.25) is 0 Å². The lowest BCUT2D eigenvalue weighted by molar-refractivity contribution is 0.265. The first kappa shape index (κ1) is 10.5. The lowest BCUT2D eigenvalue weighted by atomic mass is 9.99. The molecule has 0 saturated carbocycles. The quantitative estimate of drug-likeness (QED) is 0.512. The van der Waals surface area contributed by atoms with Gasteiger partial charge >= 0.3 is 0 Å². The van der Waals surface area contributed by atoms with Crippen molar-refractivity contribution in [2.45, 2.75) is 51.0 Å². The Kier molecular flexibility index (Phi) is 3.64. The van der Waals surface area contributed by atoms with Crippen molar-refractivity contribution in [1.82, 2.24) is 0 Å². The molecule has 1 atom stereocenters. The van der Waals surface area contributed by atoms with Crippen molar-refractivity contribution in [2.75, 3.05) is 0 Å². The summed E-state index contributed by atoms with van der Waals surface area (Å²) in [5, 5.41) is 9.81. The van der Waals surface area contributed by atoms with Crippen LogP contribution in [-0.2, 0) is 0 Å². The summed E-state index contributed by atoms with van der Waals surface area (Å²) in [7, 11) is 0. The summed E-state index contributed by atoms with van der Waals surface area (Å²) in [4.78, 5) is 0. The Labute approximate surface area is 91.9 Å². The standard InChI is InChI=1S/C14H18O/c15-14(13-8-4-5-9-13)11-10-12-6-2-1-3-7-12/h6,8,14-15H,1-5,7,9H2. The Bertz CT molecular complexity index is 338. The summed E-state index contributed by atoms with van der Waals surface area (Å²) < 4.78 is 0. The van der Waals surface area contributed by atoms with Gasteiger partial charge in [-0.1, -0.05) is 24.0 Å². The fraction of sp³-hybridized carbons (Fsp3) is 0.571. The molecule has 1 heteroatoms. The van der Waals surface area contributed by atoms with Gasteiger partial charge in [0.25, 0.3) is 0 Å². The first-order chi connectivity index (χ1) is 7.36. The zero-order valence-electron chi connectivity index (χ0n) is 9.13. The van der Waals surface area contributed by atoms with Crippen LogP contribution in [0.2, 0.25) is 0 Å².